The third-order valence-electron chi connectivity index (χ3n) is 5.35. The first kappa shape index (κ1) is 21.6. The van der Waals surface area contributed by atoms with Crippen molar-refractivity contribution in [1.82, 2.24) is 14.3 Å². The molecule has 166 valence electrons. The van der Waals surface area contributed by atoms with Gasteiger partial charge in [0, 0.05) is 29.8 Å². The second kappa shape index (κ2) is 7.83. The number of pyridine rings is 1. The molecule has 1 N–H and O–H groups in total. The van der Waals surface area contributed by atoms with Gasteiger partial charge in [0.15, 0.2) is 0 Å². The summed E-state index contributed by atoms with van der Waals surface area (Å²) in [6, 6.07) is 13.4. The zero-order valence-corrected chi connectivity index (χ0v) is 19.3. The Morgan fingerprint density at radius 1 is 1.00 bits per heavy atom. The van der Waals surface area contributed by atoms with Crippen LogP contribution in [-0.4, -0.2) is 29.9 Å². The van der Waals surface area contributed by atoms with Crippen LogP contribution in [0.15, 0.2) is 58.2 Å². The van der Waals surface area contributed by atoms with E-state index >= 15 is 0 Å². The smallest absolute Gasteiger partial charge is 0.261 e. The third-order valence-corrected chi connectivity index (χ3v) is 6.73. The highest BCUT2D eigenvalue weighted by molar-refractivity contribution is 7.92. The van der Waals surface area contributed by atoms with Crippen LogP contribution in [0, 0.1) is 20.8 Å². The maximum atomic E-state index is 13.1. The molecule has 0 unspecified atom stereocenters. The van der Waals surface area contributed by atoms with E-state index in [-0.39, 0.29) is 10.5 Å². The van der Waals surface area contributed by atoms with Crippen molar-refractivity contribution in [1.29, 1.82) is 0 Å². The van der Waals surface area contributed by atoms with Gasteiger partial charge in [-0.3, -0.25) is 9.52 Å². The standard InChI is InChI=1S/C23H24N4O4S/c1-14-10-17-12-19(7-9-20(17)26(4)23(14)28)32(29,30)25-18-6-8-21(22(13-18)31-5)27-16(3)11-15(2)24-27/h6-13,25H,1-5H3. The molecule has 0 aliphatic carbocycles. The second-order valence-corrected chi connectivity index (χ2v) is 9.43. The van der Waals surface area contributed by atoms with Crippen molar-refractivity contribution in [2.24, 2.45) is 7.05 Å². The summed E-state index contributed by atoms with van der Waals surface area (Å²) in [7, 11) is -0.669. The lowest BCUT2D eigenvalue weighted by atomic mass is 10.1. The molecule has 8 nitrogen and oxygen atoms in total. The SMILES string of the molecule is COc1cc(NS(=O)(=O)c2ccc3c(c2)cc(C)c(=O)n3C)ccc1-n1nc(C)cc1C. The van der Waals surface area contributed by atoms with Crippen LogP contribution in [0.3, 0.4) is 0 Å². The topological polar surface area (TPSA) is 95.2 Å². The molecule has 0 amide bonds. The lowest BCUT2D eigenvalue weighted by Gasteiger charge is -2.14. The van der Waals surface area contributed by atoms with Gasteiger partial charge in [-0.1, -0.05) is 0 Å². The number of sulfonamides is 1. The molecule has 0 fully saturated rings. The molecule has 0 saturated heterocycles. The molecule has 9 heteroatoms. The van der Waals surface area contributed by atoms with E-state index in [9.17, 15) is 13.2 Å². The van der Waals surface area contributed by atoms with Gasteiger partial charge in [-0.2, -0.15) is 5.10 Å². The molecule has 0 atom stereocenters. The largest absolute Gasteiger partial charge is 0.494 e. The van der Waals surface area contributed by atoms with Crippen LogP contribution < -0.4 is 15.0 Å². The normalized spacial score (nSPS) is 11.7. The third kappa shape index (κ3) is 3.75. The minimum Gasteiger partial charge on any atom is -0.494 e. The highest BCUT2D eigenvalue weighted by atomic mass is 32.2. The van der Waals surface area contributed by atoms with Gasteiger partial charge in [-0.25, -0.2) is 13.1 Å². The number of fused-ring (bicyclic) bond motifs is 1. The number of hydrogen-bond acceptors (Lipinski definition) is 5. The predicted octanol–water partition coefficient (Wildman–Crippen LogP) is 3.46. The fraction of sp³-hybridized carbons (Fsp3) is 0.217. The fourth-order valence-corrected chi connectivity index (χ4v) is 4.88. The molecule has 2 heterocycles. The number of nitrogens with one attached hydrogen (secondary N) is 1. The van der Waals surface area contributed by atoms with Crippen LogP contribution in [0.4, 0.5) is 5.69 Å². The molecule has 2 aromatic heterocycles. The Morgan fingerprint density at radius 3 is 2.41 bits per heavy atom. The minimum atomic E-state index is -3.86. The van der Waals surface area contributed by atoms with Gasteiger partial charge in [0.05, 0.1) is 28.9 Å². The van der Waals surface area contributed by atoms with E-state index < -0.39 is 10.0 Å². The van der Waals surface area contributed by atoms with Gasteiger partial charge in [-0.05, 0) is 63.2 Å². The van der Waals surface area contributed by atoms with Crippen molar-refractivity contribution >= 4 is 26.6 Å². The maximum absolute atomic E-state index is 13.1. The van der Waals surface area contributed by atoms with E-state index in [1.807, 2.05) is 19.9 Å². The molecule has 32 heavy (non-hydrogen) atoms. The van der Waals surface area contributed by atoms with Crippen LogP contribution in [0.5, 0.6) is 5.75 Å². The van der Waals surface area contributed by atoms with E-state index in [0.717, 1.165) is 11.4 Å². The molecule has 0 aliphatic heterocycles. The van der Waals surface area contributed by atoms with Crippen molar-refractivity contribution in [2.75, 3.05) is 11.8 Å². The van der Waals surface area contributed by atoms with Crippen molar-refractivity contribution in [3.8, 4) is 11.4 Å². The van der Waals surface area contributed by atoms with Crippen LogP contribution in [0.2, 0.25) is 0 Å². The molecule has 2 aromatic carbocycles. The lowest BCUT2D eigenvalue weighted by molar-refractivity contribution is 0.411. The average molecular weight is 453 g/mol. The molecule has 4 aromatic rings. The van der Waals surface area contributed by atoms with Gasteiger partial charge >= 0.3 is 0 Å². The van der Waals surface area contributed by atoms with E-state index in [4.69, 9.17) is 4.74 Å². The van der Waals surface area contributed by atoms with Gasteiger partial charge in [0.25, 0.3) is 15.6 Å². The first-order valence-electron chi connectivity index (χ1n) is 9.95. The van der Waals surface area contributed by atoms with Gasteiger partial charge < -0.3 is 9.30 Å². The number of anilines is 1. The van der Waals surface area contributed by atoms with Crippen molar-refractivity contribution in [2.45, 2.75) is 25.7 Å². The van der Waals surface area contributed by atoms with Crippen LogP contribution in [0.1, 0.15) is 17.0 Å². The summed E-state index contributed by atoms with van der Waals surface area (Å²) in [6.07, 6.45) is 0. The molecule has 0 spiro atoms. The Balaban J connectivity index is 1.71. The molecule has 0 saturated carbocycles. The first-order valence-corrected chi connectivity index (χ1v) is 11.4. The van der Waals surface area contributed by atoms with Crippen LogP contribution >= 0.6 is 0 Å². The number of aryl methyl sites for hydroxylation is 4. The van der Waals surface area contributed by atoms with E-state index in [1.165, 1.54) is 17.7 Å². The lowest BCUT2D eigenvalue weighted by Crippen LogP contribution is -2.19. The van der Waals surface area contributed by atoms with Gasteiger partial charge in [-0.15, -0.1) is 0 Å². The van der Waals surface area contributed by atoms with Crippen LogP contribution in [0.25, 0.3) is 16.6 Å². The molecule has 0 aliphatic rings. The molecule has 0 radical (unpaired) electrons. The number of hydrogen-bond donors (Lipinski definition) is 1. The summed E-state index contributed by atoms with van der Waals surface area (Å²) in [4.78, 5) is 12.2. The first-order chi connectivity index (χ1) is 15.1. The Kier molecular flexibility index (Phi) is 5.29. The monoisotopic (exact) mass is 452 g/mol. The summed E-state index contributed by atoms with van der Waals surface area (Å²) in [5, 5.41) is 5.14. The Bertz CT molecular complexity index is 1520. The Hall–Kier alpha value is -3.59. The van der Waals surface area contributed by atoms with Gasteiger partial charge in [0.2, 0.25) is 0 Å². The van der Waals surface area contributed by atoms with E-state index in [0.29, 0.717) is 33.6 Å². The quantitative estimate of drug-likeness (QED) is 0.500. The van der Waals surface area contributed by atoms with Crippen LogP contribution in [-0.2, 0) is 17.1 Å². The highest BCUT2D eigenvalue weighted by Gasteiger charge is 2.18. The van der Waals surface area contributed by atoms with E-state index in [1.54, 1.807) is 55.1 Å². The number of methoxy groups -OCH3 is 1. The zero-order valence-electron chi connectivity index (χ0n) is 18.5. The van der Waals surface area contributed by atoms with Crippen molar-refractivity contribution < 1.29 is 13.2 Å². The molecular weight excluding hydrogens is 428 g/mol. The number of benzene rings is 2. The van der Waals surface area contributed by atoms with Crippen molar-refractivity contribution in [3.05, 3.63) is 75.8 Å². The molecule has 0 bridgehead atoms. The number of rotatable bonds is 5. The minimum absolute atomic E-state index is 0.102. The van der Waals surface area contributed by atoms with Gasteiger partial charge in [0.1, 0.15) is 11.4 Å². The number of nitrogens with zero attached hydrogens (tertiary/aromatic N) is 3. The summed E-state index contributed by atoms with van der Waals surface area (Å²) in [6.45, 7) is 5.55. The predicted molar refractivity (Wildman–Crippen MR) is 124 cm³/mol. The molecule has 4 rings (SSSR count). The zero-order chi connectivity index (χ0) is 23.2. The summed E-state index contributed by atoms with van der Waals surface area (Å²) >= 11 is 0. The Morgan fingerprint density at radius 2 is 1.75 bits per heavy atom. The fourth-order valence-electron chi connectivity index (χ4n) is 3.79. The summed E-state index contributed by atoms with van der Waals surface area (Å²) in [5.74, 6) is 0.487. The van der Waals surface area contributed by atoms with Crippen molar-refractivity contribution in [3.63, 3.8) is 0 Å². The summed E-state index contributed by atoms with van der Waals surface area (Å²) in [5.41, 5.74) is 3.99. The molecular formula is C23H24N4O4S. The number of ether oxygens (including phenoxy) is 1. The highest BCUT2D eigenvalue weighted by Crippen LogP contribution is 2.29. The maximum Gasteiger partial charge on any atom is 0.261 e. The Labute approximate surface area is 186 Å². The average Bonchev–Trinajstić information content (AvgIpc) is 3.09. The summed E-state index contributed by atoms with van der Waals surface area (Å²) < 4.78 is 37.5. The van der Waals surface area contributed by atoms with E-state index in [2.05, 4.69) is 9.82 Å². The number of aromatic nitrogens is 3. The second-order valence-electron chi connectivity index (χ2n) is 7.74.